The summed E-state index contributed by atoms with van der Waals surface area (Å²) in [5.74, 6) is 1.27. The van der Waals surface area contributed by atoms with E-state index in [9.17, 15) is 0 Å². The first kappa shape index (κ1) is 15.9. The first-order chi connectivity index (χ1) is 6.83. The SMILES string of the molecule is Cl.ClCCN(CCCl)c1ccsc1CBr. The largest absolute Gasteiger partial charge is 0.368 e. The van der Waals surface area contributed by atoms with Crippen LogP contribution < -0.4 is 4.90 Å². The summed E-state index contributed by atoms with van der Waals surface area (Å²) >= 11 is 16.7. The minimum Gasteiger partial charge on any atom is -0.368 e. The molecule has 0 fully saturated rings. The third-order valence-electron chi connectivity index (χ3n) is 1.89. The van der Waals surface area contributed by atoms with Crippen molar-refractivity contribution in [2.24, 2.45) is 0 Å². The van der Waals surface area contributed by atoms with Crippen molar-refractivity contribution in [2.75, 3.05) is 29.7 Å². The van der Waals surface area contributed by atoms with Crippen molar-refractivity contribution in [2.45, 2.75) is 5.33 Å². The lowest BCUT2D eigenvalue weighted by molar-refractivity contribution is 0.872. The van der Waals surface area contributed by atoms with Crippen LogP contribution in [0.4, 0.5) is 5.69 Å². The Hall–Kier alpha value is 0.850. The zero-order valence-electron chi connectivity index (χ0n) is 8.09. The molecule has 0 spiro atoms. The van der Waals surface area contributed by atoms with E-state index in [0.717, 1.165) is 18.4 Å². The van der Waals surface area contributed by atoms with E-state index in [-0.39, 0.29) is 12.4 Å². The molecule has 0 N–H and O–H groups in total. The molecule has 0 saturated carbocycles. The summed E-state index contributed by atoms with van der Waals surface area (Å²) in [4.78, 5) is 3.56. The zero-order valence-corrected chi connectivity index (χ0v) is 12.8. The molecule has 1 heterocycles. The number of alkyl halides is 3. The van der Waals surface area contributed by atoms with E-state index in [1.165, 1.54) is 10.6 Å². The van der Waals surface area contributed by atoms with Gasteiger partial charge in [-0.1, -0.05) is 15.9 Å². The fraction of sp³-hybridized carbons (Fsp3) is 0.556. The maximum absolute atomic E-state index is 5.75. The fourth-order valence-electron chi connectivity index (χ4n) is 1.27. The highest BCUT2D eigenvalue weighted by Crippen LogP contribution is 2.28. The summed E-state index contributed by atoms with van der Waals surface area (Å²) in [6, 6.07) is 2.13. The molecule has 0 aliphatic carbocycles. The summed E-state index contributed by atoms with van der Waals surface area (Å²) in [7, 11) is 0. The molecule has 15 heavy (non-hydrogen) atoms. The summed E-state index contributed by atoms with van der Waals surface area (Å²) in [5, 5.41) is 2.99. The summed E-state index contributed by atoms with van der Waals surface area (Å²) < 4.78 is 0. The van der Waals surface area contributed by atoms with Gasteiger partial charge in [0.15, 0.2) is 0 Å². The average Bonchev–Trinajstić information content (AvgIpc) is 2.65. The Morgan fingerprint density at radius 2 is 1.87 bits per heavy atom. The molecule has 88 valence electrons. The van der Waals surface area contributed by atoms with Crippen LogP contribution in [-0.2, 0) is 5.33 Å². The van der Waals surface area contributed by atoms with Gasteiger partial charge in [-0.25, -0.2) is 0 Å². The Morgan fingerprint density at radius 3 is 2.33 bits per heavy atom. The zero-order chi connectivity index (χ0) is 10.4. The second-order valence-corrected chi connectivity index (χ2v) is 5.04. The highest BCUT2D eigenvalue weighted by molar-refractivity contribution is 9.08. The van der Waals surface area contributed by atoms with Gasteiger partial charge in [-0.05, 0) is 11.4 Å². The number of nitrogens with zero attached hydrogens (tertiary/aromatic N) is 1. The maximum atomic E-state index is 5.75. The number of rotatable bonds is 6. The normalized spacial score (nSPS) is 9.80. The average molecular weight is 354 g/mol. The number of anilines is 1. The molecular formula is C9H13BrCl3NS. The quantitative estimate of drug-likeness (QED) is 0.687. The van der Waals surface area contributed by atoms with Crippen molar-refractivity contribution in [3.8, 4) is 0 Å². The lowest BCUT2D eigenvalue weighted by atomic mass is 10.3. The molecule has 0 atom stereocenters. The van der Waals surface area contributed by atoms with Crippen molar-refractivity contribution in [1.29, 1.82) is 0 Å². The Balaban J connectivity index is 0.00000196. The number of thiophene rings is 1. The van der Waals surface area contributed by atoms with Crippen LogP contribution in [0.3, 0.4) is 0 Å². The molecule has 1 aromatic rings. The Bertz CT molecular complexity index is 264. The second-order valence-electron chi connectivity index (χ2n) is 2.73. The third-order valence-corrected chi connectivity index (χ3v) is 4.07. The molecule has 0 aliphatic heterocycles. The summed E-state index contributed by atoms with van der Waals surface area (Å²) in [6.45, 7) is 1.70. The van der Waals surface area contributed by atoms with Gasteiger partial charge in [0.1, 0.15) is 0 Å². The molecule has 0 unspecified atom stereocenters. The summed E-state index contributed by atoms with van der Waals surface area (Å²) in [5.41, 5.74) is 1.26. The molecule has 0 saturated heterocycles. The van der Waals surface area contributed by atoms with Gasteiger partial charge in [0.2, 0.25) is 0 Å². The van der Waals surface area contributed by atoms with Gasteiger partial charge in [-0.3, -0.25) is 0 Å². The second kappa shape index (κ2) is 8.94. The molecule has 1 rings (SSSR count). The molecule has 0 amide bonds. The van der Waals surface area contributed by atoms with E-state index >= 15 is 0 Å². The van der Waals surface area contributed by atoms with Gasteiger partial charge in [0.05, 0.1) is 5.69 Å². The Morgan fingerprint density at radius 1 is 1.27 bits per heavy atom. The molecule has 0 aromatic carbocycles. The Labute approximate surface area is 119 Å². The van der Waals surface area contributed by atoms with Gasteiger partial charge in [-0.15, -0.1) is 46.9 Å². The molecule has 6 heteroatoms. The smallest absolute Gasteiger partial charge is 0.0517 e. The van der Waals surface area contributed by atoms with Crippen LogP contribution in [0.25, 0.3) is 0 Å². The van der Waals surface area contributed by atoms with Crippen LogP contribution in [0, 0.1) is 0 Å². The highest BCUT2D eigenvalue weighted by Gasteiger charge is 2.10. The van der Waals surface area contributed by atoms with Gasteiger partial charge < -0.3 is 4.90 Å². The van der Waals surface area contributed by atoms with E-state index in [1.54, 1.807) is 11.3 Å². The van der Waals surface area contributed by atoms with E-state index in [2.05, 4.69) is 32.3 Å². The van der Waals surface area contributed by atoms with Crippen molar-refractivity contribution < 1.29 is 0 Å². The predicted octanol–water partition coefficient (Wildman–Crippen LogP) is 4.35. The number of hydrogen-bond acceptors (Lipinski definition) is 2. The van der Waals surface area contributed by atoms with Crippen LogP contribution in [-0.4, -0.2) is 24.8 Å². The van der Waals surface area contributed by atoms with Crippen molar-refractivity contribution >= 4 is 68.6 Å². The van der Waals surface area contributed by atoms with Gasteiger partial charge in [0, 0.05) is 35.1 Å². The first-order valence-corrected chi connectivity index (χ1v) is 7.39. The maximum Gasteiger partial charge on any atom is 0.0517 e. The predicted molar refractivity (Wildman–Crippen MR) is 77.9 cm³/mol. The molecule has 1 aromatic heterocycles. The minimum atomic E-state index is 0. The van der Waals surface area contributed by atoms with Gasteiger partial charge in [-0.2, -0.15) is 0 Å². The molecule has 0 aliphatic rings. The van der Waals surface area contributed by atoms with Gasteiger partial charge in [0.25, 0.3) is 0 Å². The molecular weight excluding hydrogens is 340 g/mol. The van der Waals surface area contributed by atoms with Crippen molar-refractivity contribution in [1.82, 2.24) is 0 Å². The van der Waals surface area contributed by atoms with Crippen LogP contribution >= 0.6 is 62.9 Å². The van der Waals surface area contributed by atoms with Crippen LogP contribution in [0.15, 0.2) is 11.4 Å². The summed E-state index contributed by atoms with van der Waals surface area (Å²) in [6.07, 6.45) is 0. The van der Waals surface area contributed by atoms with Crippen LogP contribution in [0.5, 0.6) is 0 Å². The van der Waals surface area contributed by atoms with Crippen LogP contribution in [0.1, 0.15) is 4.88 Å². The van der Waals surface area contributed by atoms with E-state index in [4.69, 9.17) is 23.2 Å². The van der Waals surface area contributed by atoms with E-state index in [1.807, 2.05) is 0 Å². The molecule has 0 radical (unpaired) electrons. The van der Waals surface area contributed by atoms with Gasteiger partial charge >= 0.3 is 0 Å². The number of halogens is 4. The highest BCUT2D eigenvalue weighted by atomic mass is 79.9. The van der Waals surface area contributed by atoms with Crippen LogP contribution in [0.2, 0.25) is 0 Å². The standard InChI is InChI=1S/C9H12BrCl2NS.ClH/c10-7-9-8(1-6-14-9)13(4-2-11)5-3-12;/h1,6H,2-5,7H2;1H. The number of hydrogen-bond donors (Lipinski definition) is 0. The lowest BCUT2D eigenvalue weighted by Crippen LogP contribution is -2.27. The van der Waals surface area contributed by atoms with Crippen molar-refractivity contribution in [3.63, 3.8) is 0 Å². The first-order valence-electron chi connectivity index (χ1n) is 4.32. The Kier molecular flexibility index (Phi) is 9.45. The monoisotopic (exact) mass is 351 g/mol. The fourth-order valence-corrected chi connectivity index (χ4v) is 3.11. The lowest BCUT2D eigenvalue weighted by Gasteiger charge is -2.22. The molecule has 1 nitrogen and oxygen atoms in total. The van der Waals surface area contributed by atoms with E-state index < -0.39 is 0 Å². The molecule has 0 bridgehead atoms. The van der Waals surface area contributed by atoms with Crippen molar-refractivity contribution in [3.05, 3.63) is 16.3 Å². The minimum absolute atomic E-state index is 0. The third kappa shape index (κ3) is 4.70. The van der Waals surface area contributed by atoms with E-state index in [0.29, 0.717) is 11.8 Å². The topological polar surface area (TPSA) is 3.24 Å².